The Bertz CT molecular complexity index is 1100. The Morgan fingerprint density at radius 3 is 2.24 bits per heavy atom. The predicted molar refractivity (Wildman–Crippen MR) is 130 cm³/mol. The van der Waals surface area contributed by atoms with Gasteiger partial charge in [-0.1, -0.05) is 36.6 Å². The molecule has 1 atom stereocenters. The van der Waals surface area contributed by atoms with Crippen LogP contribution in [-0.2, 0) is 26.2 Å². The summed E-state index contributed by atoms with van der Waals surface area (Å²) in [5.74, 6) is -1.37. The molecule has 7 nitrogen and oxygen atoms in total. The lowest BCUT2D eigenvalue weighted by molar-refractivity contribution is -0.139. The highest BCUT2D eigenvalue weighted by Crippen LogP contribution is 2.21. The lowest BCUT2D eigenvalue weighted by atomic mass is 10.1. The zero-order chi connectivity index (χ0) is 24.9. The van der Waals surface area contributed by atoms with Crippen molar-refractivity contribution in [3.8, 4) is 0 Å². The van der Waals surface area contributed by atoms with Gasteiger partial charge in [0.1, 0.15) is 18.4 Å². The number of nitrogens with zero attached hydrogens (tertiary/aromatic N) is 2. The van der Waals surface area contributed by atoms with Gasteiger partial charge in [0, 0.05) is 17.6 Å². The minimum Gasteiger partial charge on any atom is -0.352 e. The SMILES string of the molecule is CC(C(=O)NC1CCCC1)N(Cc1ccc(Cl)cc1)C(=O)CN(c1ccc(F)cc1)S(C)(=O)=O. The highest BCUT2D eigenvalue weighted by Gasteiger charge is 2.31. The molecule has 1 unspecified atom stereocenters. The fraction of sp³-hybridized carbons (Fsp3) is 0.417. The molecular formula is C24H29ClFN3O4S. The second-order valence-electron chi connectivity index (χ2n) is 8.56. The van der Waals surface area contributed by atoms with Crippen LogP contribution in [0.15, 0.2) is 48.5 Å². The van der Waals surface area contributed by atoms with Crippen LogP contribution in [0.3, 0.4) is 0 Å². The Morgan fingerprint density at radius 2 is 1.68 bits per heavy atom. The van der Waals surface area contributed by atoms with E-state index in [1.54, 1.807) is 31.2 Å². The quantitative estimate of drug-likeness (QED) is 0.558. The summed E-state index contributed by atoms with van der Waals surface area (Å²) in [5.41, 5.74) is 0.901. The lowest BCUT2D eigenvalue weighted by Gasteiger charge is -2.32. The van der Waals surface area contributed by atoms with E-state index < -0.39 is 34.3 Å². The Kier molecular flexibility index (Phi) is 8.54. The third kappa shape index (κ3) is 6.93. The van der Waals surface area contributed by atoms with Crippen molar-refractivity contribution in [3.05, 3.63) is 64.9 Å². The molecule has 3 rings (SSSR count). The topological polar surface area (TPSA) is 86.8 Å². The first kappa shape index (κ1) is 26.0. The molecule has 0 aliphatic heterocycles. The summed E-state index contributed by atoms with van der Waals surface area (Å²) in [6, 6.07) is 11.0. The van der Waals surface area contributed by atoms with Crippen LogP contribution in [0.2, 0.25) is 5.02 Å². The van der Waals surface area contributed by atoms with Crippen LogP contribution in [0.25, 0.3) is 0 Å². The number of benzene rings is 2. The van der Waals surface area contributed by atoms with Gasteiger partial charge < -0.3 is 10.2 Å². The van der Waals surface area contributed by atoms with E-state index in [1.165, 1.54) is 17.0 Å². The monoisotopic (exact) mass is 509 g/mol. The van der Waals surface area contributed by atoms with Gasteiger partial charge in [0.25, 0.3) is 0 Å². The van der Waals surface area contributed by atoms with Crippen molar-refractivity contribution in [3.63, 3.8) is 0 Å². The van der Waals surface area contributed by atoms with Crippen molar-refractivity contribution in [2.24, 2.45) is 0 Å². The van der Waals surface area contributed by atoms with Gasteiger partial charge >= 0.3 is 0 Å². The summed E-state index contributed by atoms with van der Waals surface area (Å²) in [5, 5.41) is 3.54. The Balaban J connectivity index is 1.86. The number of amides is 2. The van der Waals surface area contributed by atoms with E-state index in [1.807, 2.05) is 0 Å². The first-order valence-corrected chi connectivity index (χ1v) is 13.3. The standard InChI is InChI=1S/C24H29ClFN3O4S/c1-17(24(31)27-21-5-3-4-6-21)28(15-18-7-9-19(25)10-8-18)23(30)16-29(34(2,32)33)22-13-11-20(26)12-14-22/h7-14,17,21H,3-6,15-16H2,1-2H3,(H,27,31). The number of hydrogen-bond acceptors (Lipinski definition) is 4. The van der Waals surface area contributed by atoms with E-state index in [-0.39, 0.29) is 24.2 Å². The highest BCUT2D eigenvalue weighted by molar-refractivity contribution is 7.92. The average Bonchev–Trinajstić information content (AvgIpc) is 3.29. The molecule has 1 fully saturated rings. The molecule has 0 radical (unpaired) electrons. The maximum Gasteiger partial charge on any atom is 0.244 e. The van der Waals surface area contributed by atoms with Crippen LogP contribution in [0, 0.1) is 5.82 Å². The maximum absolute atomic E-state index is 13.4. The number of nitrogens with one attached hydrogen (secondary N) is 1. The number of sulfonamides is 1. The van der Waals surface area contributed by atoms with Crippen molar-refractivity contribution in [2.75, 3.05) is 17.1 Å². The first-order valence-electron chi connectivity index (χ1n) is 11.1. The second kappa shape index (κ2) is 11.2. The smallest absolute Gasteiger partial charge is 0.244 e. The summed E-state index contributed by atoms with van der Waals surface area (Å²) < 4.78 is 39.2. The minimum atomic E-state index is -3.86. The summed E-state index contributed by atoms with van der Waals surface area (Å²) in [6.07, 6.45) is 4.87. The average molecular weight is 510 g/mol. The van der Waals surface area contributed by atoms with E-state index >= 15 is 0 Å². The number of hydrogen-bond donors (Lipinski definition) is 1. The molecule has 0 aromatic heterocycles. The molecule has 0 heterocycles. The molecule has 10 heteroatoms. The molecule has 0 saturated heterocycles. The fourth-order valence-electron chi connectivity index (χ4n) is 3.98. The zero-order valence-corrected chi connectivity index (χ0v) is 20.8. The summed E-state index contributed by atoms with van der Waals surface area (Å²) in [7, 11) is -3.86. The minimum absolute atomic E-state index is 0.0779. The van der Waals surface area contributed by atoms with Crippen molar-refractivity contribution in [2.45, 2.75) is 51.2 Å². The second-order valence-corrected chi connectivity index (χ2v) is 10.9. The summed E-state index contributed by atoms with van der Waals surface area (Å²) >= 11 is 5.97. The maximum atomic E-state index is 13.4. The molecule has 2 aromatic carbocycles. The van der Waals surface area contributed by atoms with E-state index in [0.717, 1.165) is 53.9 Å². The van der Waals surface area contributed by atoms with Gasteiger partial charge in [-0.05, 0) is 61.7 Å². The zero-order valence-electron chi connectivity index (χ0n) is 19.2. The van der Waals surface area contributed by atoms with Crippen molar-refractivity contribution in [1.82, 2.24) is 10.2 Å². The molecular weight excluding hydrogens is 481 g/mol. The molecule has 0 spiro atoms. The third-order valence-corrected chi connectivity index (χ3v) is 7.32. The van der Waals surface area contributed by atoms with Crippen LogP contribution in [0.1, 0.15) is 38.2 Å². The van der Waals surface area contributed by atoms with Crippen molar-refractivity contribution >= 4 is 39.1 Å². The normalized spacial score (nSPS) is 15.1. The molecule has 0 bridgehead atoms. The van der Waals surface area contributed by atoms with Gasteiger partial charge in [-0.15, -0.1) is 0 Å². The van der Waals surface area contributed by atoms with E-state index in [9.17, 15) is 22.4 Å². The van der Waals surface area contributed by atoms with Crippen LogP contribution in [0.5, 0.6) is 0 Å². The molecule has 1 aliphatic carbocycles. The first-order chi connectivity index (χ1) is 16.0. The van der Waals surface area contributed by atoms with E-state index in [2.05, 4.69) is 5.32 Å². The number of carbonyl (C=O) groups is 2. The fourth-order valence-corrected chi connectivity index (χ4v) is 4.96. The van der Waals surface area contributed by atoms with Crippen LogP contribution in [-0.4, -0.2) is 50.0 Å². The number of rotatable bonds is 9. The van der Waals surface area contributed by atoms with Gasteiger partial charge in [-0.2, -0.15) is 0 Å². The van der Waals surface area contributed by atoms with Crippen molar-refractivity contribution in [1.29, 1.82) is 0 Å². The Labute approximate surface area is 204 Å². The van der Waals surface area contributed by atoms with E-state index in [0.29, 0.717) is 5.02 Å². The lowest BCUT2D eigenvalue weighted by Crippen LogP contribution is -2.52. The Morgan fingerprint density at radius 1 is 1.09 bits per heavy atom. The van der Waals surface area contributed by atoms with Crippen molar-refractivity contribution < 1.29 is 22.4 Å². The molecule has 1 N–H and O–H groups in total. The van der Waals surface area contributed by atoms with Gasteiger partial charge in [-0.25, -0.2) is 12.8 Å². The molecule has 184 valence electrons. The molecule has 2 aromatic rings. The molecule has 1 saturated carbocycles. The molecule has 2 amide bonds. The molecule has 1 aliphatic rings. The van der Waals surface area contributed by atoms with Gasteiger partial charge in [-0.3, -0.25) is 13.9 Å². The van der Waals surface area contributed by atoms with Gasteiger partial charge in [0.2, 0.25) is 21.8 Å². The highest BCUT2D eigenvalue weighted by atomic mass is 35.5. The predicted octanol–water partition coefficient (Wildman–Crippen LogP) is 3.72. The van der Waals surface area contributed by atoms with Gasteiger partial charge in [0.05, 0.1) is 11.9 Å². The van der Waals surface area contributed by atoms with E-state index in [4.69, 9.17) is 11.6 Å². The Hall–Kier alpha value is -2.65. The van der Waals surface area contributed by atoms with Crippen LogP contribution >= 0.6 is 11.6 Å². The van der Waals surface area contributed by atoms with Crippen LogP contribution < -0.4 is 9.62 Å². The van der Waals surface area contributed by atoms with Crippen LogP contribution in [0.4, 0.5) is 10.1 Å². The third-order valence-electron chi connectivity index (χ3n) is 5.93. The largest absolute Gasteiger partial charge is 0.352 e. The number of anilines is 1. The number of halogens is 2. The summed E-state index contributed by atoms with van der Waals surface area (Å²) in [4.78, 5) is 27.8. The summed E-state index contributed by atoms with van der Waals surface area (Å²) in [6.45, 7) is 1.19. The van der Waals surface area contributed by atoms with Gasteiger partial charge in [0.15, 0.2) is 0 Å². The molecule has 34 heavy (non-hydrogen) atoms. The number of carbonyl (C=O) groups excluding carboxylic acids is 2.